The lowest BCUT2D eigenvalue weighted by Gasteiger charge is -2.30. The SMILES string of the molecule is O=S(=O)(c1cc(F)ccc1F)N1CCNc2ncc(I)cc21. The molecule has 116 valence electrons. The molecule has 0 saturated carbocycles. The van der Waals surface area contributed by atoms with Crippen molar-refractivity contribution >= 4 is 44.1 Å². The largest absolute Gasteiger partial charge is 0.367 e. The Hall–Kier alpha value is -1.49. The van der Waals surface area contributed by atoms with Gasteiger partial charge in [0.1, 0.15) is 16.5 Å². The van der Waals surface area contributed by atoms with Crippen molar-refractivity contribution < 1.29 is 17.2 Å². The first-order valence-electron chi connectivity index (χ1n) is 6.27. The van der Waals surface area contributed by atoms with E-state index < -0.39 is 26.6 Å². The molecule has 0 saturated heterocycles. The lowest BCUT2D eigenvalue weighted by atomic mass is 10.3. The molecule has 0 aliphatic carbocycles. The van der Waals surface area contributed by atoms with E-state index in [2.05, 4.69) is 10.3 Å². The van der Waals surface area contributed by atoms with Gasteiger partial charge in [0.15, 0.2) is 5.82 Å². The molecule has 1 aromatic heterocycles. The van der Waals surface area contributed by atoms with E-state index in [0.29, 0.717) is 24.1 Å². The predicted octanol–water partition coefficient (Wildman–Crippen LogP) is 2.59. The molecular formula is C13H10F2IN3O2S. The molecule has 0 bridgehead atoms. The van der Waals surface area contributed by atoms with Gasteiger partial charge in [0, 0.05) is 16.3 Å². The van der Waals surface area contributed by atoms with Crippen molar-refractivity contribution in [1.82, 2.24) is 4.98 Å². The molecule has 9 heteroatoms. The summed E-state index contributed by atoms with van der Waals surface area (Å²) in [5, 5.41) is 2.98. The van der Waals surface area contributed by atoms with Crippen molar-refractivity contribution in [2.75, 3.05) is 22.7 Å². The Balaban J connectivity index is 2.15. The van der Waals surface area contributed by atoms with Gasteiger partial charge in [-0.3, -0.25) is 4.31 Å². The monoisotopic (exact) mass is 437 g/mol. The summed E-state index contributed by atoms with van der Waals surface area (Å²) in [5.74, 6) is -1.40. The Kier molecular flexibility index (Phi) is 3.93. The summed E-state index contributed by atoms with van der Waals surface area (Å²) >= 11 is 2.00. The molecule has 2 aromatic rings. The highest BCUT2D eigenvalue weighted by atomic mass is 127. The van der Waals surface area contributed by atoms with Crippen LogP contribution in [0.2, 0.25) is 0 Å². The van der Waals surface area contributed by atoms with Gasteiger partial charge >= 0.3 is 0 Å². The molecule has 5 nitrogen and oxygen atoms in total. The third kappa shape index (κ3) is 2.62. The molecule has 0 unspecified atom stereocenters. The Morgan fingerprint density at radius 3 is 2.82 bits per heavy atom. The molecule has 1 aliphatic heterocycles. The minimum absolute atomic E-state index is 0.104. The van der Waals surface area contributed by atoms with Gasteiger partial charge in [0.05, 0.1) is 12.2 Å². The zero-order valence-corrected chi connectivity index (χ0v) is 14.0. The quantitative estimate of drug-likeness (QED) is 0.735. The van der Waals surface area contributed by atoms with Crippen LogP contribution in [-0.4, -0.2) is 26.5 Å². The number of sulfonamides is 1. The zero-order chi connectivity index (χ0) is 15.9. The van der Waals surface area contributed by atoms with Crippen LogP contribution >= 0.6 is 22.6 Å². The Labute approximate surface area is 139 Å². The van der Waals surface area contributed by atoms with Gasteiger partial charge in [0.25, 0.3) is 10.0 Å². The van der Waals surface area contributed by atoms with Gasteiger partial charge in [-0.15, -0.1) is 0 Å². The first-order valence-corrected chi connectivity index (χ1v) is 8.79. The molecule has 1 N–H and O–H groups in total. The standard InChI is InChI=1S/C13H10F2IN3O2S/c14-8-1-2-10(15)12(5-8)22(20,21)19-4-3-17-13-11(19)6-9(16)7-18-13/h1-2,5-7H,3-4H2,(H,17,18). The zero-order valence-electron chi connectivity index (χ0n) is 11.1. The van der Waals surface area contributed by atoms with Gasteiger partial charge in [-0.1, -0.05) is 0 Å². The summed E-state index contributed by atoms with van der Waals surface area (Å²) in [6.45, 7) is 0.434. The average molecular weight is 437 g/mol. The van der Waals surface area contributed by atoms with Crippen molar-refractivity contribution in [3.8, 4) is 0 Å². The van der Waals surface area contributed by atoms with Gasteiger partial charge in [-0.05, 0) is 46.9 Å². The molecule has 0 atom stereocenters. The molecule has 0 fully saturated rings. The number of aromatic nitrogens is 1. The Morgan fingerprint density at radius 1 is 1.27 bits per heavy atom. The maximum absolute atomic E-state index is 13.9. The molecule has 1 aromatic carbocycles. The second kappa shape index (κ2) is 5.61. The van der Waals surface area contributed by atoms with Gasteiger partial charge < -0.3 is 5.32 Å². The van der Waals surface area contributed by atoms with Crippen molar-refractivity contribution in [3.63, 3.8) is 0 Å². The maximum atomic E-state index is 13.9. The maximum Gasteiger partial charge on any atom is 0.267 e. The highest BCUT2D eigenvalue weighted by molar-refractivity contribution is 14.1. The molecule has 0 amide bonds. The van der Waals surface area contributed by atoms with Gasteiger partial charge in [0.2, 0.25) is 0 Å². The van der Waals surface area contributed by atoms with E-state index in [4.69, 9.17) is 0 Å². The van der Waals surface area contributed by atoms with E-state index in [1.807, 2.05) is 22.6 Å². The third-order valence-electron chi connectivity index (χ3n) is 3.17. The number of nitrogens with one attached hydrogen (secondary N) is 1. The second-order valence-electron chi connectivity index (χ2n) is 4.60. The number of hydrogen-bond acceptors (Lipinski definition) is 4. The minimum atomic E-state index is -4.21. The normalized spacial score (nSPS) is 14.4. The average Bonchev–Trinajstić information content (AvgIpc) is 2.48. The van der Waals surface area contributed by atoms with Crippen LogP contribution in [0.1, 0.15) is 0 Å². The summed E-state index contributed by atoms with van der Waals surface area (Å²) in [6.07, 6.45) is 1.59. The van der Waals surface area contributed by atoms with Crippen LogP contribution in [0.25, 0.3) is 0 Å². The number of nitrogens with zero attached hydrogens (tertiary/aromatic N) is 2. The predicted molar refractivity (Wildman–Crippen MR) is 86.3 cm³/mol. The number of fused-ring (bicyclic) bond motifs is 1. The third-order valence-corrected chi connectivity index (χ3v) is 5.59. The molecule has 1 aliphatic rings. The van der Waals surface area contributed by atoms with Crippen LogP contribution in [0.4, 0.5) is 20.3 Å². The van der Waals surface area contributed by atoms with E-state index in [0.717, 1.165) is 20.0 Å². The van der Waals surface area contributed by atoms with Crippen LogP contribution in [0.15, 0.2) is 35.4 Å². The van der Waals surface area contributed by atoms with E-state index in [-0.39, 0.29) is 6.54 Å². The molecular weight excluding hydrogens is 427 g/mol. The fourth-order valence-corrected chi connectivity index (χ4v) is 4.17. The van der Waals surface area contributed by atoms with Gasteiger partial charge in [-0.25, -0.2) is 22.2 Å². The fraction of sp³-hybridized carbons (Fsp3) is 0.154. The lowest BCUT2D eigenvalue weighted by molar-refractivity contribution is 0.550. The van der Waals surface area contributed by atoms with Crippen molar-refractivity contribution in [1.29, 1.82) is 0 Å². The fourth-order valence-electron chi connectivity index (χ4n) is 2.19. The number of pyridine rings is 1. The number of anilines is 2. The lowest BCUT2D eigenvalue weighted by Crippen LogP contribution is -2.39. The Morgan fingerprint density at radius 2 is 2.05 bits per heavy atom. The second-order valence-corrected chi connectivity index (χ2v) is 7.68. The molecule has 0 radical (unpaired) electrons. The van der Waals surface area contributed by atoms with Crippen LogP contribution in [0, 0.1) is 15.2 Å². The van der Waals surface area contributed by atoms with Crippen LogP contribution < -0.4 is 9.62 Å². The molecule has 22 heavy (non-hydrogen) atoms. The molecule has 3 rings (SSSR count). The smallest absolute Gasteiger partial charge is 0.267 e. The highest BCUT2D eigenvalue weighted by Gasteiger charge is 2.32. The van der Waals surface area contributed by atoms with Crippen molar-refractivity contribution in [3.05, 3.63) is 45.7 Å². The van der Waals surface area contributed by atoms with Crippen LogP contribution in [-0.2, 0) is 10.0 Å². The number of hydrogen-bond donors (Lipinski definition) is 1. The topological polar surface area (TPSA) is 62.3 Å². The summed E-state index contributed by atoms with van der Waals surface area (Å²) in [4.78, 5) is 3.44. The van der Waals surface area contributed by atoms with E-state index in [9.17, 15) is 17.2 Å². The first-order chi connectivity index (χ1) is 10.4. The molecule has 2 heterocycles. The van der Waals surface area contributed by atoms with E-state index in [1.54, 1.807) is 12.3 Å². The van der Waals surface area contributed by atoms with Gasteiger partial charge in [-0.2, -0.15) is 0 Å². The van der Waals surface area contributed by atoms with E-state index >= 15 is 0 Å². The first kappa shape index (κ1) is 15.4. The molecule has 0 spiro atoms. The summed E-state index contributed by atoms with van der Waals surface area (Å²) in [5.41, 5.74) is 0.321. The number of benzene rings is 1. The van der Waals surface area contributed by atoms with Crippen LogP contribution in [0.3, 0.4) is 0 Å². The Bertz CT molecular complexity index is 845. The highest BCUT2D eigenvalue weighted by Crippen LogP contribution is 2.33. The summed E-state index contributed by atoms with van der Waals surface area (Å²) in [7, 11) is -4.21. The number of halogens is 3. The van der Waals surface area contributed by atoms with Crippen LogP contribution in [0.5, 0.6) is 0 Å². The summed E-state index contributed by atoms with van der Waals surface area (Å²) < 4.78 is 54.4. The van der Waals surface area contributed by atoms with Crippen molar-refractivity contribution in [2.45, 2.75) is 4.90 Å². The van der Waals surface area contributed by atoms with Crippen molar-refractivity contribution in [2.24, 2.45) is 0 Å². The summed E-state index contributed by atoms with van der Waals surface area (Å²) in [6, 6.07) is 4.00. The minimum Gasteiger partial charge on any atom is -0.367 e. The van der Waals surface area contributed by atoms with E-state index in [1.165, 1.54) is 0 Å². The number of rotatable bonds is 2.